The standard InChI is InChI=1S/C16H28N2O2/c1-5-16(6-2)14(20)18(10-8-13(19)17-16)12-7-9-15(3,4)11-12/h12H,5-11H2,1-4H3,(H,17,19). The second-order valence-corrected chi connectivity index (χ2v) is 7.15. The molecule has 4 nitrogen and oxygen atoms in total. The van der Waals surface area contributed by atoms with E-state index in [1.807, 2.05) is 18.7 Å². The molecule has 0 radical (unpaired) electrons. The van der Waals surface area contributed by atoms with E-state index in [9.17, 15) is 9.59 Å². The minimum absolute atomic E-state index is 0.0156. The second kappa shape index (κ2) is 5.38. The molecule has 114 valence electrons. The third kappa shape index (κ3) is 2.70. The highest BCUT2D eigenvalue weighted by atomic mass is 16.2. The lowest BCUT2D eigenvalue weighted by Gasteiger charge is -2.37. The molecular formula is C16H28N2O2. The van der Waals surface area contributed by atoms with Crippen molar-refractivity contribution in [3.8, 4) is 0 Å². The average molecular weight is 280 g/mol. The fourth-order valence-electron chi connectivity index (χ4n) is 3.72. The Morgan fingerprint density at radius 1 is 1.25 bits per heavy atom. The van der Waals surface area contributed by atoms with Gasteiger partial charge in [0.15, 0.2) is 0 Å². The molecule has 1 aliphatic heterocycles. The fraction of sp³-hybridized carbons (Fsp3) is 0.875. The number of carbonyl (C=O) groups is 2. The Kier molecular flexibility index (Phi) is 4.12. The molecule has 1 heterocycles. The van der Waals surface area contributed by atoms with Crippen LogP contribution in [0.4, 0.5) is 0 Å². The van der Waals surface area contributed by atoms with Gasteiger partial charge < -0.3 is 10.2 Å². The molecular weight excluding hydrogens is 252 g/mol. The molecule has 0 spiro atoms. The quantitative estimate of drug-likeness (QED) is 0.863. The van der Waals surface area contributed by atoms with E-state index < -0.39 is 5.54 Å². The first-order chi connectivity index (χ1) is 9.33. The zero-order valence-corrected chi connectivity index (χ0v) is 13.3. The summed E-state index contributed by atoms with van der Waals surface area (Å²) in [7, 11) is 0. The maximum atomic E-state index is 13.0. The Bertz CT molecular complexity index is 399. The van der Waals surface area contributed by atoms with Gasteiger partial charge in [-0.15, -0.1) is 0 Å². The molecule has 0 bridgehead atoms. The highest BCUT2D eigenvalue weighted by molar-refractivity contribution is 5.93. The first kappa shape index (κ1) is 15.3. The van der Waals surface area contributed by atoms with E-state index in [-0.39, 0.29) is 11.8 Å². The Morgan fingerprint density at radius 2 is 1.90 bits per heavy atom. The van der Waals surface area contributed by atoms with Gasteiger partial charge in [0, 0.05) is 19.0 Å². The van der Waals surface area contributed by atoms with Crippen molar-refractivity contribution in [1.29, 1.82) is 0 Å². The van der Waals surface area contributed by atoms with Crippen LogP contribution in [0.3, 0.4) is 0 Å². The highest BCUT2D eigenvalue weighted by Gasteiger charge is 2.45. The molecule has 1 aliphatic carbocycles. The van der Waals surface area contributed by atoms with Gasteiger partial charge in [-0.2, -0.15) is 0 Å². The predicted molar refractivity (Wildman–Crippen MR) is 79.2 cm³/mol. The summed E-state index contributed by atoms with van der Waals surface area (Å²) in [5, 5.41) is 2.99. The van der Waals surface area contributed by atoms with E-state index in [1.165, 1.54) is 0 Å². The van der Waals surface area contributed by atoms with Gasteiger partial charge in [-0.3, -0.25) is 9.59 Å². The van der Waals surface area contributed by atoms with Gasteiger partial charge in [0.25, 0.3) is 0 Å². The van der Waals surface area contributed by atoms with Crippen molar-refractivity contribution in [3.63, 3.8) is 0 Å². The number of amides is 2. The van der Waals surface area contributed by atoms with E-state index in [4.69, 9.17) is 0 Å². The number of hydrogen-bond donors (Lipinski definition) is 1. The molecule has 2 amide bonds. The van der Waals surface area contributed by atoms with Crippen LogP contribution in [-0.4, -0.2) is 34.8 Å². The van der Waals surface area contributed by atoms with Crippen LogP contribution in [0.15, 0.2) is 0 Å². The van der Waals surface area contributed by atoms with E-state index in [2.05, 4.69) is 19.2 Å². The summed E-state index contributed by atoms with van der Waals surface area (Å²) in [4.78, 5) is 26.9. The zero-order valence-electron chi connectivity index (χ0n) is 13.3. The van der Waals surface area contributed by atoms with Crippen molar-refractivity contribution >= 4 is 11.8 Å². The number of nitrogens with zero attached hydrogens (tertiary/aromatic N) is 1. The van der Waals surface area contributed by atoms with Crippen molar-refractivity contribution in [3.05, 3.63) is 0 Å². The Morgan fingerprint density at radius 3 is 2.40 bits per heavy atom. The number of carbonyl (C=O) groups excluding carboxylic acids is 2. The molecule has 1 atom stereocenters. The van der Waals surface area contributed by atoms with Crippen LogP contribution in [0.25, 0.3) is 0 Å². The summed E-state index contributed by atoms with van der Waals surface area (Å²) in [6.07, 6.45) is 5.05. The first-order valence-electron chi connectivity index (χ1n) is 7.95. The van der Waals surface area contributed by atoms with Crippen molar-refractivity contribution in [2.45, 2.75) is 77.8 Å². The van der Waals surface area contributed by atoms with Crippen LogP contribution < -0.4 is 5.32 Å². The summed E-state index contributed by atoms with van der Waals surface area (Å²) in [5.74, 6) is 0.151. The van der Waals surface area contributed by atoms with Gasteiger partial charge in [0.2, 0.25) is 11.8 Å². The number of rotatable bonds is 3. The summed E-state index contributed by atoms with van der Waals surface area (Å²) in [6.45, 7) is 9.10. The van der Waals surface area contributed by atoms with Gasteiger partial charge in [-0.05, 0) is 37.5 Å². The fourth-order valence-corrected chi connectivity index (χ4v) is 3.72. The van der Waals surface area contributed by atoms with E-state index in [1.54, 1.807) is 0 Å². The minimum atomic E-state index is -0.680. The molecule has 1 saturated heterocycles. The van der Waals surface area contributed by atoms with Crippen LogP contribution in [0, 0.1) is 5.41 Å². The van der Waals surface area contributed by atoms with Crippen molar-refractivity contribution in [2.24, 2.45) is 5.41 Å². The molecule has 2 rings (SSSR count). The minimum Gasteiger partial charge on any atom is -0.342 e. The molecule has 1 N–H and O–H groups in total. The molecule has 1 unspecified atom stereocenters. The smallest absolute Gasteiger partial charge is 0.248 e. The molecule has 0 aromatic rings. The molecule has 1 saturated carbocycles. The lowest BCUT2D eigenvalue weighted by Crippen LogP contribution is -2.58. The summed E-state index contributed by atoms with van der Waals surface area (Å²) in [5.41, 5.74) is -0.365. The van der Waals surface area contributed by atoms with E-state index >= 15 is 0 Å². The Hall–Kier alpha value is -1.06. The SMILES string of the molecule is CCC1(CC)NC(=O)CCN(C2CCC(C)(C)C2)C1=O. The second-order valence-electron chi connectivity index (χ2n) is 7.15. The predicted octanol–water partition coefficient (Wildman–Crippen LogP) is 2.47. The monoisotopic (exact) mass is 280 g/mol. The third-order valence-electron chi connectivity index (χ3n) is 5.22. The Labute approximate surface area is 122 Å². The van der Waals surface area contributed by atoms with Crippen LogP contribution in [-0.2, 0) is 9.59 Å². The van der Waals surface area contributed by atoms with E-state index in [0.717, 1.165) is 19.3 Å². The van der Waals surface area contributed by atoms with Gasteiger partial charge in [0.1, 0.15) is 5.54 Å². The molecule has 4 heteroatoms. The third-order valence-corrected chi connectivity index (χ3v) is 5.22. The van der Waals surface area contributed by atoms with Crippen molar-refractivity contribution < 1.29 is 9.59 Å². The molecule has 0 aromatic heterocycles. The molecule has 2 aliphatic rings. The van der Waals surface area contributed by atoms with Crippen molar-refractivity contribution in [2.75, 3.05) is 6.54 Å². The summed E-state index contributed by atoms with van der Waals surface area (Å²) in [6, 6.07) is 0.308. The van der Waals surface area contributed by atoms with Gasteiger partial charge >= 0.3 is 0 Å². The average Bonchev–Trinajstić information content (AvgIpc) is 2.70. The molecule has 2 fully saturated rings. The first-order valence-corrected chi connectivity index (χ1v) is 7.95. The maximum absolute atomic E-state index is 13.0. The number of nitrogens with one attached hydrogen (secondary N) is 1. The van der Waals surface area contributed by atoms with Crippen LogP contribution in [0.1, 0.15) is 66.2 Å². The lowest BCUT2D eigenvalue weighted by molar-refractivity contribution is -0.141. The summed E-state index contributed by atoms with van der Waals surface area (Å²) >= 11 is 0. The molecule has 20 heavy (non-hydrogen) atoms. The van der Waals surface area contributed by atoms with Gasteiger partial charge in [-0.25, -0.2) is 0 Å². The van der Waals surface area contributed by atoms with Crippen LogP contribution in [0.2, 0.25) is 0 Å². The Balaban J connectivity index is 2.24. The van der Waals surface area contributed by atoms with Gasteiger partial charge in [0.05, 0.1) is 0 Å². The van der Waals surface area contributed by atoms with Crippen LogP contribution >= 0.6 is 0 Å². The van der Waals surface area contributed by atoms with Gasteiger partial charge in [-0.1, -0.05) is 27.7 Å². The van der Waals surface area contributed by atoms with Crippen LogP contribution in [0.5, 0.6) is 0 Å². The lowest BCUT2D eigenvalue weighted by atomic mass is 9.89. The maximum Gasteiger partial charge on any atom is 0.248 e. The summed E-state index contributed by atoms with van der Waals surface area (Å²) < 4.78 is 0. The highest BCUT2D eigenvalue weighted by Crippen LogP contribution is 2.40. The zero-order chi connectivity index (χ0) is 15.0. The topological polar surface area (TPSA) is 49.4 Å². The number of hydrogen-bond acceptors (Lipinski definition) is 2. The molecule has 0 aromatic carbocycles. The van der Waals surface area contributed by atoms with Crippen molar-refractivity contribution in [1.82, 2.24) is 10.2 Å². The normalized spacial score (nSPS) is 29.2. The largest absolute Gasteiger partial charge is 0.342 e. The van der Waals surface area contributed by atoms with E-state index in [0.29, 0.717) is 37.3 Å².